The molecule has 0 bridgehead atoms. The van der Waals surface area contributed by atoms with Crippen molar-refractivity contribution in [3.05, 3.63) is 35.5 Å². The molecule has 0 fully saturated rings. The molecule has 0 aliphatic rings. The first-order valence-electron chi connectivity index (χ1n) is 7.56. The van der Waals surface area contributed by atoms with Crippen molar-refractivity contribution in [3.63, 3.8) is 0 Å². The molecule has 6 heteroatoms. The lowest BCUT2D eigenvalue weighted by molar-refractivity contribution is 0.311. The van der Waals surface area contributed by atoms with Gasteiger partial charge in [0.15, 0.2) is 0 Å². The topological polar surface area (TPSA) is 67.3 Å². The standard InChI is InChI=1S/C17H19N3O2S/c1-3-22-13-6-4-12(5-7-13)14-10-23-17-15(14)16(18-8-9-21)19-11(2)20-17/h4-7,10,21H,3,8-9H2,1-2H3,(H,18,19,20). The number of hydrogen-bond acceptors (Lipinski definition) is 6. The Morgan fingerprint density at radius 2 is 2.00 bits per heavy atom. The molecule has 2 aromatic heterocycles. The highest BCUT2D eigenvalue weighted by molar-refractivity contribution is 7.17. The fraction of sp³-hybridized carbons (Fsp3) is 0.294. The highest BCUT2D eigenvalue weighted by Gasteiger charge is 2.14. The van der Waals surface area contributed by atoms with E-state index in [4.69, 9.17) is 9.84 Å². The van der Waals surface area contributed by atoms with E-state index in [0.717, 1.165) is 38.7 Å². The SMILES string of the molecule is CCOc1ccc(-c2csc3nc(C)nc(NCCO)c23)cc1. The van der Waals surface area contributed by atoms with Gasteiger partial charge >= 0.3 is 0 Å². The quantitative estimate of drug-likeness (QED) is 0.725. The zero-order valence-electron chi connectivity index (χ0n) is 13.2. The molecule has 0 amide bonds. The summed E-state index contributed by atoms with van der Waals surface area (Å²) < 4.78 is 5.50. The maximum atomic E-state index is 9.07. The van der Waals surface area contributed by atoms with Crippen LogP contribution in [0.15, 0.2) is 29.6 Å². The van der Waals surface area contributed by atoms with Crippen molar-refractivity contribution in [3.8, 4) is 16.9 Å². The number of aryl methyl sites for hydroxylation is 1. The van der Waals surface area contributed by atoms with Crippen LogP contribution < -0.4 is 10.1 Å². The number of aliphatic hydroxyl groups excluding tert-OH is 1. The number of thiophene rings is 1. The van der Waals surface area contributed by atoms with E-state index in [1.54, 1.807) is 11.3 Å². The van der Waals surface area contributed by atoms with Crippen LogP contribution >= 0.6 is 11.3 Å². The van der Waals surface area contributed by atoms with Crippen molar-refractivity contribution in [2.75, 3.05) is 25.1 Å². The summed E-state index contributed by atoms with van der Waals surface area (Å²) in [7, 11) is 0. The molecular formula is C17H19N3O2S. The number of aromatic nitrogens is 2. The molecule has 1 aromatic carbocycles. The molecule has 0 aliphatic carbocycles. The van der Waals surface area contributed by atoms with E-state index in [2.05, 4.69) is 20.7 Å². The molecule has 23 heavy (non-hydrogen) atoms. The van der Waals surface area contributed by atoms with Crippen LogP contribution in [0, 0.1) is 6.92 Å². The third-order valence-electron chi connectivity index (χ3n) is 3.43. The highest BCUT2D eigenvalue weighted by Crippen LogP contribution is 2.37. The molecule has 2 heterocycles. The molecule has 2 N–H and O–H groups in total. The van der Waals surface area contributed by atoms with Gasteiger partial charge in [-0.15, -0.1) is 11.3 Å². The summed E-state index contributed by atoms with van der Waals surface area (Å²) >= 11 is 1.60. The number of aliphatic hydroxyl groups is 1. The summed E-state index contributed by atoms with van der Waals surface area (Å²) in [5.41, 5.74) is 2.19. The predicted molar refractivity (Wildman–Crippen MR) is 94.3 cm³/mol. The number of anilines is 1. The minimum atomic E-state index is 0.0626. The van der Waals surface area contributed by atoms with Gasteiger partial charge in [-0.2, -0.15) is 0 Å². The molecule has 0 spiro atoms. The fourth-order valence-electron chi connectivity index (χ4n) is 2.46. The molecule has 120 valence electrons. The number of fused-ring (bicyclic) bond motifs is 1. The van der Waals surface area contributed by atoms with Gasteiger partial charge in [0.2, 0.25) is 0 Å². The van der Waals surface area contributed by atoms with Gasteiger partial charge in [-0.3, -0.25) is 0 Å². The van der Waals surface area contributed by atoms with Gasteiger partial charge in [-0.05, 0) is 31.5 Å². The van der Waals surface area contributed by atoms with Crippen LogP contribution in [0.25, 0.3) is 21.3 Å². The van der Waals surface area contributed by atoms with Crippen molar-refractivity contribution < 1.29 is 9.84 Å². The third-order valence-corrected chi connectivity index (χ3v) is 4.30. The number of ether oxygens (including phenoxy) is 1. The minimum absolute atomic E-state index is 0.0626. The van der Waals surface area contributed by atoms with Crippen molar-refractivity contribution in [2.24, 2.45) is 0 Å². The zero-order valence-corrected chi connectivity index (χ0v) is 14.0. The Labute approximate surface area is 139 Å². The van der Waals surface area contributed by atoms with Crippen LogP contribution in [0.4, 0.5) is 5.82 Å². The molecule has 0 radical (unpaired) electrons. The Kier molecular flexibility index (Phi) is 4.73. The van der Waals surface area contributed by atoms with Crippen LogP contribution in [0.3, 0.4) is 0 Å². The molecule has 0 aliphatic heterocycles. The summed E-state index contributed by atoms with van der Waals surface area (Å²) in [5, 5.41) is 15.4. The first kappa shape index (κ1) is 15.7. The van der Waals surface area contributed by atoms with Crippen molar-refractivity contribution in [1.82, 2.24) is 9.97 Å². The van der Waals surface area contributed by atoms with Crippen LogP contribution in [-0.4, -0.2) is 34.8 Å². The molecule has 0 unspecified atom stereocenters. The van der Waals surface area contributed by atoms with E-state index in [-0.39, 0.29) is 6.61 Å². The monoisotopic (exact) mass is 329 g/mol. The zero-order chi connectivity index (χ0) is 16.2. The molecule has 5 nitrogen and oxygen atoms in total. The average molecular weight is 329 g/mol. The summed E-state index contributed by atoms with van der Waals surface area (Å²) in [5.74, 6) is 2.35. The van der Waals surface area contributed by atoms with Gasteiger partial charge in [-0.25, -0.2) is 9.97 Å². The largest absolute Gasteiger partial charge is 0.494 e. The van der Waals surface area contributed by atoms with E-state index in [9.17, 15) is 0 Å². The summed E-state index contributed by atoms with van der Waals surface area (Å²) in [6.45, 7) is 5.03. The van der Waals surface area contributed by atoms with E-state index in [1.807, 2.05) is 38.1 Å². The van der Waals surface area contributed by atoms with E-state index in [0.29, 0.717) is 13.2 Å². The van der Waals surface area contributed by atoms with E-state index >= 15 is 0 Å². The minimum Gasteiger partial charge on any atom is -0.494 e. The summed E-state index contributed by atoms with van der Waals surface area (Å²) in [6, 6.07) is 8.03. The predicted octanol–water partition coefficient (Wildman–Crippen LogP) is 3.47. The smallest absolute Gasteiger partial charge is 0.139 e. The Bertz CT molecular complexity index is 799. The second-order valence-electron chi connectivity index (χ2n) is 5.06. The lowest BCUT2D eigenvalue weighted by atomic mass is 10.1. The number of rotatable bonds is 6. The lowest BCUT2D eigenvalue weighted by Crippen LogP contribution is -2.08. The Morgan fingerprint density at radius 3 is 2.70 bits per heavy atom. The maximum absolute atomic E-state index is 9.07. The van der Waals surface area contributed by atoms with Gasteiger partial charge < -0.3 is 15.2 Å². The van der Waals surface area contributed by atoms with Crippen molar-refractivity contribution in [2.45, 2.75) is 13.8 Å². The summed E-state index contributed by atoms with van der Waals surface area (Å²) in [6.07, 6.45) is 0. The van der Waals surface area contributed by atoms with Gasteiger partial charge in [0.25, 0.3) is 0 Å². The van der Waals surface area contributed by atoms with Gasteiger partial charge in [0.05, 0.1) is 18.6 Å². The molecule has 3 rings (SSSR count). The summed E-state index contributed by atoms with van der Waals surface area (Å²) in [4.78, 5) is 9.96. The van der Waals surface area contributed by atoms with Gasteiger partial charge in [-0.1, -0.05) is 12.1 Å². The maximum Gasteiger partial charge on any atom is 0.139 e. The Morgan fingerprint density at radius 1 is 1.22 bits per heavy atom. The number of nitrogens with zero attached hydrogens (tertiary/aromatic N) is 2. The fourth-order valence-corrected chi connectivity index (χ4v) is 3.45. The normalized spacial score (nSPS) is 10.9. The Balaban J connectivity index is 2.06. The number of hydrogen-bond donors (Lipinski definition) is 2. The van der Waals surface area contributed by atoms with Gasteiger partial charge in [0, 0.05) is 17.5 Å². The second kappa shape index (κ2) is 6.93. The van der Waals surface area contributed by atoms with Crippen LogP contribution in [0.5, 0.6) is 5.75 Å². The van der Waals surface area contributed by atoms with Crippen molar-refractivity contribution >= 4 is 27.4 Å². The molecule has 0 saturated heterocycles. The molecule has 0 saturated carbocycles. The number of nitrogens with one attached hydrogen (secondary N) is 1. The average Bonchev–Trinajstić information content (AvgIpc) is 2.97. The van der Waals surface area contributed by atoms with E-state index < -0.39 is 0 Å². The van der Waals surface area contributed by atoms with Crippen LogP contribution in [-0.2, 0) is 0 Å². The lowest BCUT2D eigenvalue weighted by Gasteiger charge is -2.09. The first-order valence-corrected chi connectivity index (χ1v) is 8.44. The van der Waals surface area contributed by atoms with Crippen LogP contribution in [0.1, 0.15) is 12.7 Å². The third kappa shape index (κ3) is 3.28. The highest BCUT2D eigenvalue weighted by atomic mass is 32.1. The van der Waals surface area contributed by atoms with Gasteiger partial charge in [0.1, 0.15) is 22.2 Å². The second-order valence-corrected chi connectivity index (χ2v) is 5.91. The Hall–Kier alpha value is -2.18. The number of benzene rings is 1. The van der Waals surface area contributed by atoms with E-state index in [1.165, 1.54) is 0 Å². The molecular weight excluding hydrogens is 310 g/mol. The first-order chi connectivity index (χ1) is 11.2. The molecule has 3 aromatic rings. The van der Waals surface area contributed by atoms with Crippen LogP contribution in [0.2, 0.25) is 0 Å². The molecule has 0 atom stereocenters. The van der Waals surface area contributed by atoms with Crippen molar-refractivity contribution in [1.29, 1.82) is 0 Å².